The lowest BCUT2D eigenvalue weighted by atomic mass is 10.0. The number of benzene rings is 2. The standard InChI is InChI=1S/C17H13ClN2/c18-16-14-9-4-10-15(14)19-17(20-16)13-8-3-6-11-5-1-2-7-12(11)13/h1-3,5-8H,4,9-10H2. The Kier molecular flexibility index (Phi) is 2.71. The van der Waals surface area contributed by atoms with Gasteiger partial charge in [-0.2, -0.15) is 0 Å². The molecule has 1 aliphatic carbocycles. The van der Waals surface area contributed by atoms with Gasteiger partial charge in [0.25, 0.3) is 0 Å². The monoisotopic (exact) mass is 280 g/mol. The second-order valence-corrected chi connectivity index (χ2v) is 5.50. The maximum atomic E-state index is 6.32. The zero-order valence-corrected chi connectivity index (χ0v) is 11.7. The number of hydrogen-bond acceptors (Lipinski definition) is 2. The van der Waals surface area contributed by atoms with Crippen LogP contribution in [0.15, 0.2) is 42.5 Å². The van der Waals surface area contributed by atoms with Crippen molar-refractivity contribution in [3.63, 3.8) is 0 Å². The molecule has 1 aliphatic rings. The van der Waals surface area contributed by atoms with Gasteiger partial charge in [-0.3, -0.25) is 0 Å². The molecule has 0 bridgehead atoms. The topological polar surface area (TPSA) is 25.8 Å². The van der Waals surface area contributed by atoms with E-state index in [1.165, 1.54) is 10.8 Å². The maximum absolute atomic E-state index is 6.32. The van der Waals surface area contributed by atoms with Crippen LogP contribution in [0, 0.1) is 0 Å². The highest BCUT2D eigenvalue weighted by Crippen LogP contribution is 2.31. The Morgan fingerprint density at radius 3 is 2.70 bits per heavy atom. The van der Waals surface area contributed by atoms with E-state index in [0.717, 1.165) is 41.9 Å². The van der Waals surface area contributed by atoms with E-state index in [-0.39, 0.29) is 0 Å². The number of rotatable bonds is 1. The highest BCUT2D eigenvalue weighted by molar-refractivity contribution is 6.30. The van der Waals surface area contributed by atoms with Crippen molar-refractivity contribution in [1.29, 1.82) is 0 Å². The Hall–Kier alpha value is -1.93. The first-order chi connectivity index (χ1) is 9.83. The van der Waals surface area contributed by atoms with Gasteiger partial charge >= 0.3 is 0 Å². The van der Waals surface area contributed by atoms with Crippen molar-refractivity contribution >= 4 is 22.4 Å². The molecule has 0 saturated heterocycles. The largest absolute Gasteiger partial charge is 0.233 e. The molecule has 3 aromatic rings. The molecule has 3 heteroatoms. The first kappa shape index (κ1) is 11.9. The van der Waals surface area contributed by atoms with Crippen LogP contribution < -0.4 is 0 Å². The molecule has 0 spiro atoms. The van der Waals surface area contributed by atoms with Gasteiger partial charge in [-0.25, -0.2) is 9.97 Å². The predicted octanol–water partition coefficient (Wildman–Crippen LogP) is 4.44. The molecular formula is C17H13ClN2. The fourth-order valence-electron chi connectivity index (χ4n) is 2.93. The van der Waals surface area contributed by atoms with Gasteiger partial charge in [-0.1, -0.05) is 54.1 Å². The van der Waals surface area contributed by atoms with E-state index in [4.69, 9.17) is 16.6 Å². The van der Waals surface area contributed by atoms with Crippen LogP contribution in [0.4, 0.5) is 0 Å². The molecule has 0 aliphatic heterocycles. The molecule has 20 heavy (non-hydrogen) atoms. The fraction of sp³-hybridized carbons (Fsp3) is 0.176. The van der Waals surface area contributed by atoms with Crippen LogP contribution in [0.25, 0.3) is 22.2 Å². The van der Waals surface area contributed by atoms with E-state index in [1.807, 2.05) is 18.2 Å². The van der Waals surface area contributed by atoms with E-state index in [1.54, 1.807) is 0 Å². The summed E-state index contributed by atoms with van der Waals surface area (Å²) in [5.41, 5.74) is 3.31. The Morgan fingerprint density at radius 1 is 0.900 bits per heavy atom. The molecule has 98 valence electrons. The van der Waals surface area contributed by atoms with Crippen LogP contribution in [-0.4, -0.2) is 9.97 Å². The van der Waals surface area contributed by atoms with E-state index >= 15 is 0 Å². The van der Waals surface area contributed by atoms with Crippen molar-refractivity contribution in [2.45, 2.75) is 19.3 Å². The van der Waals surface area contributed by atoms with E-state index < -0.39 is 0 Å². The number of aromatic nitrogens is 2. The van der Waals surface area contributed by atoms with Crippen molar-refractivity contribution in [2.24, 2.45) is 0 Å². The number of nitrogens with zero attached hydrogens (tertiary/aromatic N) is 2. The Labute approximate surface area is 122 Å². The number of aryl methyl sites for hydroxylation is 1. The van der Waals surface area contributed by atoms with Crippen LogP contribution in [0.2, 0.25) is 5.15 Å². The molecule has 2 aromatic carbocycles. The van der Waals surface area contributed by atoms with E-state index in [0.29, 0.717) is 5.15 Å². The third kappa shape index (κ3) is 1.80. The number of fused-ring (bicyclic) bond motifs is 2. The lowest BCUT2D eigenvalue weighted by Crippen LogP contribution is -1.97. The summed E-state index contributed by atoms with van der Waals surface area (Å²) in [6.45, 7) is 0. The average Bonchev–Trinajstić information content (AvgIpc) is 2.95. The molecule has 0 unspecified atom stereocenters. The molecule has 0 atom stereocenters. The summed E-state index contributed by atoms with van der Waals surface area (Å²) in [6.07, 6.45) is 3.14. The molecular weight excluding hydrogens is 268 g/mol. The molecule has 1 aromatic heterocycles. The summed E-state index contributed by atoms with van der Waals surface area (Å²) in [4.78, 5) is 9.26. The van der Waals surface area contributed by atoms with Gasteiger partial charge in [0.15, 0.2) is 5.82 Å². The second-order valence-electron chi connectivity index (χ2n) is 5.14. The number of halogens is 1. The average molecular weight is 281 g/mol. The van der Waals surface area contributed by atoms with Gasteiger partial charge in [-0.05, 0) is 30.0 Å². The molecule has 0 amide bonds. The SMILES string of the molecule is Clc1nc(-c2cccc3ccccc23)nc2c1CCC2. The van der Waals surface area contributed by atoms with Crippen LogP contribution in [-0.2, 0) is 12.8 Å². The summed E-state index contributed by atoms with van der Waals surface area (Å²) >= 11 is 6.32. The van der Waals surface area contributed by atoms with Crippen LogP contribution in [0.1, 0.15) is 17.7 Å². The highest BCUT2D eigenvalue weighted by atomic mass is 35.5. The third-order valence-corrected chi connectivity index (χ3v) is 4.23. The van der Waals surface area contributed by atoms with Gasteiger partial charge in [0.1, 0.15) is 5.15 Å². The molecule has 0 fully saturated rings. The Morgan fingerprint density at radius 2 is 1.75 bits per heavy atom. The summed E-state index contributed by atoms with van der Waals surface area (Å²) < 4.78 is 0. The summed E-state index contributed by atoms with van der Waals surface area (Å²) in [5, 5.41) is 2.99. The van der Waals surface area contributed by atoms with Crippen molar-refractivity contribution < 1.29 is 0 Å². The summed E-state index contributed by atoms with van der Waals surface area (Å²) in [7, 11) is 0. The van der Waals surface area contributed by atoms with Crippen molar-refractivity contribution in [1.82, 2.24) is 9.97 Å². The molecule has 0 saturated carbocycles. The van der Waals surface area contributed by atoms with E-state index in [9.17, 15) is 0 Å². The first-order valence-corrected chi connectivity index (χ1v) is 7.24. The van der Waals surface area contributed by atoms with Gasteiger partial charge < -0.3 is 0 Å². The molecule has 0 radical (unpaired) electrons. The Bertz CT molecular complexity index is 806. The molecule has 0 N–H and O–H groups in total. The van der Waals surface area contributed by atoms with E-state index in [2.05, 4.69) is 29.2 Å². The minimum atomic E-state index is 0.621. The van der Waals surface area contributed by atoms with Gasteiger partial charge in [-0.15, -0.1) is 0 Å². The zero-order valence-electron chi connectivity index (χ0n) is 10.9. The normalized spacial score (nSPS) is 13.7. The second kappa shape index (κ2) is 4.57. The summed E-state index contributed by atoms with van der Waals surface area (Å²) in [6, 6.07) is 14.5. The molecule has 4 rings (SSSR count). The molecule has 2 nitrogen and oxygen atoms in total. The van der Waals surface area contributed by atoms with Gasteiger partial charge in [0.05, 0.1) is 0 Å². The van der Waals surface area contributed by atoms with Crippen LogP contribution >= 0.6 is 11.6 Å². The minimum absolute atomic E-state index is 0.621. The third-order valence-electron chi connectivity index (χ3n) is 3.91. The molecule has 1 heterocycles. The van der Waals surface area contributed by atoms with Crippen molar-refractivity contribution in [3.8, 4) is 11.4 Å². The highest BCUT2D eigenvalue weighted by Gasteiger charge is 2.19. The number of hydrogen-bond donors (Lipinski definition) is 0. The Balaban J connectivity index is 1.98. The first-order valence-electron chi connectivity index (χ1n) is 6.86. The quantitative estimate of drug-likeness (QED) is 0.616. The van der Waals surface area contributed by atoms with Crippen LogP contribution in [0.3, 0.4) is 0 Å². The lowest BCUT2D eigenvalue weighted by Gasteiger charge is -2.08. The smallest absolute Gasteiger partial charge is 0.161 e. The van der Waals surface area contributed by atoms with Crippen molar-refractivity contribution in [2.75, 3.05) is 0 Å². The van der Waals surface area contributed by atoms with Gasteiger partial charge in [0, 0.05) is 16.8 Å². The minimum Gasteiger partial charge on any atom is -0.233 e. The van der Waals surface area contributed by atoms with Gasteiger partial charge in [0.2, 0.25) is 0 Å². The van der Waals surface area contributed by atoms with Crippen LogP contribution in [0.5, 0.6) is 0 Å². The zero-order chi connectivity index (χ0) is 13.5. The predicted molar refractivity (Wildman–Crippen MR) is 82.0 cm³/mol. The lowest BCUT2D eigenvalue weighted by molar-refractivity contribution is 0.900. The van der Waals surface area contributed by atoms with Crippen molar-refractivity contribution in [3.05, 3.63) is 58.9 Å². The maximum Gasteiger partial charge on any atom is 0.161 e. The summed E-state index contributed by atoms with van der Waals surface area (Å²) in [5.74, 6) is 0.743. The fourth-order valence-corrected chi connectivity index (χ4v) is 3.21.